The first-order valence-electron chi connectivity index (χ1n) is 15.6. The Labute approximate surface area is 256 Å². The van der Waals surface area contributed by atoms with Crippen molar-refractivity contribution in [2.24, 2.45) is 0 Å². The first-order valence-corrected chi connectivity index (χ1v) is 15.6. The molecule has 0 bridgehead atoms. The van der Waals surface area contributed by atoms with Gasteiger partial charge in [0.2, 0.25) is 11.8 Å². The number of rotatable bonds is 6. The maximum atomic E-state index is 12.7. The Kier molecular flexibility index (Phi) is 7.72. The van der Waals surface area contributed by atoms with Crippen molar-refractivity contribution in [1.29, 1.82) is 0 Å². The van der Waals surface area contributed by atoms with Crippen LogP contribution in [-0.2, 0) is 27.2 Å². The molecule has 0 radical (unpaired) electrons. The molecule has 2 aromatic carbocycles. The summed E-state index contributed by atoms with van der Waals surface area (Å²) in [4.78, 5) is 31.8. The molecule has 9 nitrogen and oxygen atoms in total. The van der Waals surface area contributed by atoms with E-state index in [0.717, 1.165) is 46.1 Å². The van der Waals surface area contributed by atoms with Crippen molar-refractivity contribution >= 4 is 34.4 Å². The van der Waals surface area contributed by atoms with E-state index < -0.39 is 0 Å². The van der Waals surface area contributed by atoms with E-state index >= 15 is 0 Å². The molecule has 4 heterocycles. The first kappa shape index (κ1) is 28.4. The second kappa shape index (κ2) is 12.0. The number of carbonyl (C=O) groups excluding carboxylic acids is 2. The van der Waals surface area contributed by atoms with Crippen LogP contribution in [0.3, 0.4) is 0 Å². The summed E-state index contributed by atoms with van der Waals surface area (Å²) < 4.78 is 19.0. The Morgan fingerprint density at radius 3 is 2.68 bits per heavy atom. The van der Waals surface area contributed by atoms with Crippen LogP contribution in [0.4, 0.5) is 0 Å². The fourth-order valence-electron chi connectivity index (χ4n) is 7.07. The van der Waals surface area contributed by atoms with Crippen LogP contribution in [0.25, 0.3) is 33.8 Å². The van der Waals surface area contributed by atoms with Gasteiger partial charge in [-0.05, 0) is 66.3 Å². The summed E-state index contributed by atoms with van der Waals surface area (Å²) in [5.41, 5.74) is 6.62. The molecular weight excluding hydrogens is 558 g/mol. The number of allylic oxidation sites excluding steroid dienone is 1. The van der Waals surface area contributed by atoms with E-state index in [2.05, 4.69) is 15.6 Å². The zero-order valence-electron chi connectivity index (χ0n) is 25.0. The smallest absolute Gasteiger partial charge is 0.337 e. The number of benzene rings is 2. The van der Waals surface area contributed by atoms with E-state index in [1.165, 1.54) is 31.9 Å². The molecule has 4 aromatic rings. The predicted octanol–water partition coefficient (Wildman–Crippen LogP) is 6.18. The van der Waals surface area contributed by atoms with E-state index in [0.29, 0.717) is 68.8 Å². The molecule has 1 saturated heterocycles. The number of hydrogen-bond acceptors (Lipinski definition) is 7. The lowest BCUT2D eigenvalue weighted by Gasteiger charge is -2.26. The lowest BCUT2D eigenvalue weighted by atomic mass is 9.81. The van der Waals surface area contributed by atoms with Crippen molar-refractivity contribution in [2.75, 3.05) is 33.4 Å². The highest BCUT2D eigenvalue weighted by atomic mass is 16.5. The molecule has 2 fully saturated rings. The number of methoxy groups -OCH3 is 1. The molecule has 1 saturated carbocycles. The SMILES string of the molecule is COC(=O)c1ccc2c(C3CCCCC3)c3n(c2c1)CC(c1ncc(CCC(=O)N2CCOCC2)o1)=Cc1cc(O)ccc1-3. The molecule has 9 heteroatoms. The maximum Gasteiger partial charge on any atom is 0.337 e. The van der Waals surface area contributed by atoms with Gasteiger partial charge in [-0.25, -0.2) is 9.78 Å². The molecule has 228 valence electrons. The lowest BCUT2D eigenvalue weighted by Crippen LogP contribution is -2.40. The molecule has 1 amide bonds. The van der Waals surface area contributed by atoms with Gasteiger partial charge in [0, 0.05) is 48.0 Å². The van der Waals surface area contributed by atoms with Gasteiger partial charge in [0.1, 0.15) is 11.5 Å². The van der Waals surface area contributed by atoms with Gasteiger partial charge in [0.15, 0.2) is 0 Å². The number of carbonyl (C=O) groups is 2. The van der Waals surface area contributed by atoms with Gasteiger partial charge in [0.05, 0.1) is 44.3 Å². The molecule has 2 aromatic heterocycles. The van der Waals surface area contributed by atoms with Crippen LogP contribution in [0.2, 0.25) is 0 Å². The molecule has 1 aliphatic carbocycles. The summed E-state index contributed by atoms with van der Waals surface area (Å²) in [6.45, 7) is 2.85. The average Bonchev–Trinajstić information content (AvgIpc) is 3.62. The van der Waals surface area contributed by atoms with E-state index in [1.807, 2.05) is 29.2 Å². The number of hydrogen-bond donors (Lipinski definition) is 1. The number of nitrogens with zero attached hydrogens (tertiary/aromatic N) is 3. The van der Waals surface area contributed by atoms with Gasteiger partial charge in [-0.15, -0.1) is 0 Å². The van der Waals surface area contributed by atoms with Crippen LogP contribution >= 0.6 is 0 Å². The Bertz CT molecular complexity index is 1750. The molecule has 0 atom stereocenters. The number of phenolic OH excluding ortho intramolecular Hbond substituents is 1. The van der Waals surface area contributed by atoms with E-state index in [1.54, 1.807) is 18.3 Å². The normalized spacial score (nSPS) is 17.1. The molecule has 7 rings (SSSR count). The van der Waals surface area contributed by atoms with Crippen LogP contribution in [0.1, 0.15) is 77.6 Å². The molecule has 0 spiro atoms. The Balaban J connectivity index is 1.30. The van der Waals surface area contributed by atoms with E-state index in [-0.39, 0.29) is 17.6 Å². The molecule has 0 unspecified atom stereocenters. The number of morpholine rings is 1. The quantitative estimate of drug-likeness (QED) is 0.265. The zero-order chi connectivity index (χ0) is 30.2. The van der Waals surface area contributed by atoms with Crippen LogP contribution in [0.5, 0.6) is 5.75 Å². The highest BCUT2D eigenvalue weighted by molar-refractivity contribution is 6.01. The number of aryl methyl sites for hydroxylation is 1. The van der Waals surface area contributed by atoms with Crippen molar-refractivity contribution < 1.29 is 28.6 Å². The summed E-state index contributed by atoms with van der Waals surface area (Å²) in [6.07, 6.45) is 10.4. The second-order valence-electron chi connectivity index (χ2n) is 12.0. The monoisotopic (exact) mass is 595 g/mol. The summed E-state index contributed by atoms with van der Waals surface area (Å²) in [7, 11) is 1.40. The Morgan fingerprint density at radius 2 is 1.89 bits per heavy atom. The lowest BCUT2D eigenvalue weighted by molar-refractivity contribution is -0.135. The third kappa shape index (κ3) is 5.30. The highest BCUT2D eigenvalue weighted by Crippen LogP contribution is 2.47. The topological polar surface area (TPSA) is 107 Å². The highest BCUT2D eigenvalue weighted by Gasteiger charge is 2.30. The molecular formula is C35H37N3O6. The fraction of sp³-hybridized carbons (Fsp3) is 0.400. The summed E-state index contributed by atoms with van der Waals surface area (Å²) in [6, 6.07) is 11.4. The summed E-state index contributed by atoms with van der Waals surface area (Å²) in [5.74, 6) is 1.42. The minimum absolute atomic E-state index is 0.0874. The van der Waals surface area contributed by atoms with Crippen molar-refractivity contribution in [3.05, 3.63) is 70.9 Å². The average molecular weight is 596 g/mol. The zero-order valence-corrected chi connectivity index (χ0v) is 25.0. The minimum Gasteiger partial charge on any atom is -0.508 e. The molecule has 1 N–H and O–H groups in total. The molecule has 3 aliphatic rings. The van der Waals surface area contributed by atoms with Gasteiger partial charge < -0.3 is 28.5 Å². The van der Waals surface area contributed by atoms with Gasteiger partial charge >= 0.3 is 5.97 Å². The number of esters is 1. The summed E-state index contributed by atoms with van der Waals surface area (Å²) in [5, 5.41) is 11.7. The maximum absolute atomic E-state index is 12.7. The van der Waals surface area contributed by atoms with E-state index in [4.69, 9.17) is 13.9 Å². The van der Waals surface area contributed by atoms with Crippen molar-refractivity contribution in [3.63, 3.8) is 0 Å². The van der Waals surface area contributed by atoms with Gasteiger partial charge in [-0.3, -0.25) is 4.79 Å². The third-order valence-corrected chi connectivity index (χ3v) is 9.26. The van der Waals surface area contributed by atoms with E-state index in [9.17, 15) is 14.7 Å². The van der Waals surface area contributed by atoms with Crippen molar-refractivity contribution in [2.45, 2.75) is 57.4 Å². The van der Waals surface area contributed by atoms with Gasteiger partial charge in [-0.1, -0.05) is 25.3 Å². The van der Waals surface area contributed by atoms with Crippen LogP contribution in [0.15, 0.2) is 47.0 Å². The van der Waals surface area contributed by atoms with Crippen LogP contribution < -0.4 is 0 Å². The number of oxazole rings is 1. The predicted molar refractivity (Wildman–Crippen MR) is 166 cm³/mol. The Hall–Kier alpha value is -4.37. The largest absolute Gasteiger partial charge is 0.508 e. The van der Waals surface area contributed by atoms with Crippen LogP contribution in [0, 0.1) is 0 Å². The van der Waals surface area contributed by atoms with Gasteiger partial charge in [-0.2, -0.15) is 0 Å². The first-order chi connectivity index (χ1) is 21.5. The standard InChI is InChI=1S/C35H37N3O6/c1-42-35(41)23-7-10-29-30(19-23)38-21-25(34-36-20-27(44-34)9-12-31(40)37-13-15-43-16-14-37)17-24-18-26(39)8-11-28(24)33(38)32(29)22-5-3-2-4-6-22/h7-8,10-11,17-20,22,39H,2-6,9,12-16,21H2,1H3. The number of aromatic nitrogens is 2. The van der Waals surface area contributed by atoms with Crippen LogP contribution in [-0.4, -0.2) is 64.8 Å². The number of ether oxygens (including phenoxy) is 2. The van der Waals surface area contributed by atoms with Crippen molar-refractivity contribution in [1.82, 2.24) is 14.5 Å². The molecule has 2 aliphatic heterocycles. The van der Waals surface area contributed by atoms with Crippen molar-refractivity contribution in [3.8, 4) is 17.0 Å². The third-order valence-electron chi connectivity index (χ3n) is 9.26. The Morgan fingerprint density at radius 1 is 1.07 bits per heavy atom. The molecule has 44 heavy (non-hydrogen) atoms. The number of amides is 1. The number of fused-ring (bicyclic) bond motifs is 5. The fourth-order valence-corrected chi connectivity index (χ4v) is 7.07. The second-order valence-corrected chi connectivity index (χ2v) is 12.0. The number of phenols is 1. The number of aromatic hydroxyl groups is 1. The summed E-state index contributed by atoms with van der Waals surface area (Å²) >= 11 is 0. The van der Waals surface area contributed by atoms with Gasteiger partial charge in [0.25, 0.3) is 0 Å². The minimum atomic E-state index is -0.375.